The largest absolute Gasteiger partial charge is 0.394 e. The summed E-state index contributed by atoms with van der Waals surface area (Å²) in [7, 11) is 1.92. The van der Waals surface area contributed by atoms with Crippen molar-refractivity contribution >= 4 is 22.8 Å². The molecular weight excluding hydrogens is 244 g/mol. The van der Waals surface area contributed by atoms with Gasteiger partial charge in [-0.1, -0.05) is 19.9 Å². The fraction of sp³-hybridized carbons (Fsp3) is 0.462. The lowest BCUT2D eigenvalue weighted by molar-refractivity contribution is 0.709. The Hall–Kier alpha value is -1.49. The van der Waals surface area contributed by atoms with Crippen LogP contribution < -0.4 is 11.1 Å². The van der Waals surface area contributed by atoms with Gasteiger partial charge < -0.3 is 11.1 Å². The predicted octanol–water partition coefficient (Wildman–Crippen LogP) is 3.36. The molecule has 2 aromatic rings. The van der Waals surface area contributed by atoms with E-state index < -0.39 is 0 Å². The second kappa shape index (κ2) is 5.02. The summed E-state index contributed by atoms with van der Waals surface area (Å²) in [5, 5.41) is 10.0. The number of aromatic nitrogens is 2. The summed E-state index contributed by atoms with van der Waals surface area (Å²) in [6, 6.07) is 4.42. The van der Waals surface area contributed by atoms with E-state index in [1.165, 1.54) is 4.88 Å². The highest BCUT2D eigenvalue weighted by Crippen LogP contribution is 2.31. The predicted molar refractivity (Wildman–Crippen MR) is 78.1 cm³/mol. The number of nitrogens with one attached hydrogen (secondary N) is 1. The van der Waals surface area contributed by atoms with E-state index in [1.54, 1.807) is 11.3 Å². The molecule has 1 unspecified atom stereocenters. The molecule has 4 nitrogen and oxygen atoms in total. The van der Waals surface area contributed by atoms with Gasteiger partial charge in [-0.15, -0.1) is 11.3 Å². The van der Waals surface area contributed by atoms with E-state index in [0.717, 1.165) is 17.2 Å². The third-order valence-electron chi connectivity index (χ3n) is 2.98. The van der Waals surface area contributed by atoms with Crippen molar-refractivity contribution < 1.29 is 0 Å². The molecule has 1 atom stereocenters. The van der Waals surface area contributed by atoms with Gasteiger partial charge in [-0.3, -0.25) is 4.68 Å². The van der Waals surface area contributed by atoms with Crippen LogP contribution in [0.2, 0.25) is 0 Å². The van der Waals surface area contributed by atoms with E-state index in [-0.39, 0.29) is 6.04 Å². The molecule has 2 rings (SSSR count). The number of hydrogen-bond acceptors (Lipinski definition) is 4. The average Bonchev–Trinajstić information content (AvgIpc) is 2.92. The summed E-state index contributed by atoms with van der Waals surface area (Å²) in [4.78, 5) is 1.29. The van der Waals surface area contributed by atoms with Crippen LogP contribution in [0.4, 0.5) is 11.5 Å². The van der Waals surface area contributed by atoms with Crippen LogP contribution in [-0.4, -0.2) is 9.78 Å². The first-order chi connectivity index (χ1) is 8.50. The maximum absolute atomic E-state index is 6.16. The van der Waals surface area contributed by atoms with Crippen LogP contribution in [0.3, 0.4) is 0 Å². The summed E-state index contributed by atoms with van der Waals surface area (Å²) >= 11 is 1.74. The van der Waals surface area contributed by atoms with Crippen LogP contribution in [0.1, 0.15) is 43.3 Å². The first-order valence-corrected chi connectivity index (χ1v) is 7.01. The van der Waals surface area contributed by atoms with Crippen molar-refractivity contribution in [3.63, 3.8) is 0 Å². The van der Waals surface area contributed by atoms with Crippen LogP contribution in [0.15, 0.2) is 17.5 Å². The molecule has 0 amide bonds. The Morgan fingerprint density at radius 3 is 2.61 bits per heavy atom. The van der Waals surface area contributed by atoms with Gasteiger partial charge in [-0.2, -0.15) is 5.10 Å². The topological polar surface area (TPSA) is 55.9 Å². The highest BCUT2D eigenvalue weighted by atomic mass is 32.1. The van der Waals surface area contributed by atoms with Crippen molar-refractivity contribution in [1.29, 1.82) is 0 Å². The van der Waals surface area contributed by atoms with E-state index in [4.69, 9.17) is 5.73 Å². The van der Waals surface area contributed by atoms with Gasteiger partial charge in [0.15, 0.2) is 0 Å². The minimum Gasteiger partial charge on any atom is -0.394 e. The normalized spacial score (nSPS) is 12.9. The van der Waals surface area contributed by atoms with Gasteiger partial charge in [-0.05, 0) is 24.3 Å². The molecule has 0 fully saturated rings. The van der Waals surface area contributed by atoms with Crippen LogP contribution >= 0.6 is 11.3 Å². The third-order valence-corrected chi connectivity index (χ3v) is 4.04. The summed E-state index contributed by atoms with van der Waals surface area (Å²) in [5.41, 5.74) is 7.88. The Morgan fingerprint density at radius 1 is 1.39 bits per heavy atom. The number of hydrogen-bond donors (Lipinski definition) is 2. The molecule has 0 aromatic carbocycles. The number of rotatable bonds is 4. The molecule has 0 radical (unpaired) electrons. The molecule has 98 valence electrons. The van der Waals surface area contributed by atoms with Crippen molar-refractivity contribution in [2.75, 3.05) is 11.1 Å². The van der Waals surface area contributed by atoms with E-state index in [0.29, 0.717) is 5.92 Å². The quantitative estimate of drug-likeness (QED) is 0.890. The van der Waals surface area contributed by atoms with Crippen molar-refractivity contribution in [3.05, 3.63) is 28.1 Å². The molecule has 18 heavy (non-hydrogen) atoms. The lowest BCUT2D eigenvalue weighted by atomic mass is 10.1. The van der Waals surface area contributed by atoms with Crippen LogP contribution in [0.5, 0.6) is 0 Å². The van der Waals surface area contributed by atoms with Crippen molar-refractivity contribution in [1.82, 2.24) is 9.78 Å². The molecule has 2 heterocycles. The number of nitrogens with zero attached hydrogens (tertiary/aromatic N) is 2. The first kappa shape index (κ1) is 13.0. The van der Waals surface area contributed by atoms with Crippen molar-refractivity contribution in [2.24, 2.45) is 7.05 Å². The molecule has 5 heteroatoms. The summed E-state index contributed by atoms with van der Waals surface area (Å²) in [5.74, 6) is 1.24. The zero-order valence-corrected chi connectivity index (χ0v) is 12.1. The van der Waals surface area contributed by atoms with Gasteiger partial charge in [0.05, 0.1) is 17.4 Å². The number of anilines is 2. The molecule has 0 aliphatic carbocycles. The van der Waals surface area contributed by atoms with E-state index in [1.807, 2.05) is 11.7 Å². The van der Waals surface area contributed by atoms with Crippen LogP contribution in [-0.2, 0) is 7.05 Å². The lowest BCUT2D eigenvalue weighted by Crippen LogP contribution is -2.10. The van der Waals surface area contributed by atoms with Crippen LogP contribution in [0, 0.1) is 0 Å². The van der Waals surface area contributed by atoms with E-state index >= 15 is 0 Å². The standard InChI is InChI=1S/C13H20N4S/c1-8(2)12-11(14)13(17(4)16-12)15-9(3)10-6-5-7-18-10/h5-9,15H,14H2,1-4H3. The fourth-order valence-electron chi connectivity index (χ4n) is 1.97. The Balaban J connectivity index is 2.24. The smallest absolute Gasteiger partial charge is 0.148 e. The van der Waals surface area contributed by atoms with E-state index in [9.17, 15) is 0 Å². The van der Waals surface area contributed by atoms with Gasteiger partial charge >= 0.3 is 0 Å². The summed E-state index contributed by atoms with van der Waals surface area (Å²) in [6.07, 6.45) is 0. The molecule has 0 saturated heterocycles. The Labute approximate surface area is 112 Å². The van der Waals surface area contributed by atoms with Gasteiger partial charge in [0, 0.05) is 11.9 Å². The van der Waals surface area contributed by atoms with Crippen LogP contribution in [0.25, 0.3) is 0 Å². The highest BCUT2D eigenvalue weighted by molar-refractivity contribution is 7.10. The summed E-state index contributed by atoms with van der Waals surface area (Å²) < 4.78 is 1.83. The zero-order valence-electron chi connectivity index (χ0n) is 11.3. The second-order valence-corrected chi connectivity index (χ2v) is 5.79. The second-order valence-electron chi connectivity index (χ2n) is 4.81. The number of aryl methyl sites for hydroxylation is 1. The first-order valence-electron chi connectivity index (χ1n) is 6.13. The van der Waals surface area contributed by atoms with Crippen molar-refractivity contribution in [2.45, 2.75) is 32.7 Å². The SMILES string of the molecule is CC(C)c1nn(C)c(NC(C)c2cccs2)c1N. The molecule has 0 bridgehead atoms. The fourth-order valence-corrected chi connectivity index (χ4v) is 2.71. The minimum absolute atomic E-state index is 0.239. The van der Waals surface area contributed by atoms with Gasteiger partial charge in [-0.25, -0.2) is 0 Å². The van der Waals surface area contributed by atoms with Gasteiger partial charge in [0.1, 0.15) is 5.82 Å². The number of nitrogen functional groups attached to an aromatic ring is 1. The molecule has 3 N–H and O–H groups in total. The number of thiophene rings is 1. The molecule has 0 aliphatic rings. The van der Waals surface area contributed by atoms with E-state index in [2.05, 4.69) is 48.7 Å². The monoisotopic (exact) mass is 264 g/mol. The average molecular weight is 264 g/mol. The summed E-state index contributed by atoms with van der Waals surface area (Å²) in [6.45, 7) is 6.34. The Kier molecular flexibility index (Phi) is 3.61. The molecule has 0 spiro atoms. The Bertz CT molecular complexity index is 513. The molecular formula is C13H20N4S. The molecule has 2 aromatic heterocycles. The lowest BCUT2D eigenvalue weighted by Gasteiger charge is -2.14. The van der Waals surface area contributed by atoms with Crippen molar-refractivity contribution in [3.8, 4) is 0 Å². The third kappa shape index (κ3) is 2.36. The van der Waals surface area contributed by atoms with Gasteiger partial charge in [0.2, 0.25) is 0 Å². The Morgan fingerprint density at radius 2 is 2.11 bits per heavy atom. The minimum atomic E-state index is 0.239. The highest BCUT2D eigenvalue weighted by Gasteiger charge is 2.17. The maximum atomic E-state index is 6.16. The molecule has 0 aliphatic heterocycles. The number of nitrogens with two attached hydrogens (primary N) is 1. The molecule has 0 saturated carbocycles. The zero-order chi connectivity index (χ0) is 13.3. The maximum Gasteiger partial charge on any atom is 0.148 e. The van der Waals surface area contributed by atoms with Gasteiger partial charge in [0.25, 0.3) is 0 Å².